The summed E-state index contributed by atoms with van der Waals surface area (Å²) in [6.07, 6.45) is 1.09. The van der Waals surface area contributed by atoms with Crippen LogP contribution in [0.5, 0.6) is 0 Å². The third-order valence-corrected chi connectivity index (χ3v) is 2.06. The monoisotopic (exact) mass is 221 g/mol. The molecule has 2 aromatic rings. The fourth-order valence-electron chi connectivity index (χ4n) is 1.40. The maximum Gasteiger partial charge on any atom is 0.348 e. The third-order valence-electron chi connectivity index (χ3n) is 2.06. The van der Waals surface area contributed by atoms with Crippen LogP contribution in [-0.2, 0) is 0 Å². The number of hydrogen-bond acceptors (Lipinski definition) is 5. The van der Waals surface area contributed by atoms with Gasteiger partial charge in [0.15, 0.2) is 0 Å². The normalized spacial score (nSPS) is 10.3. The van der Waals surface area contributed by atoms with E-state index in [1.807, 2.05) is 5.43 Å². The molecule has 2 rings (SSSR count). The van der Waals surface area contributed by atoms with Crippen LogP contribution in [0.2, 0.25) is 0 Å². The number of amides is 1. The number of nitrogens with two attached hydrogens (primary N) is 1. The van der Waals surface area contributed by atoms with Crippen molar-refractivity contribution in [3.05, 3.63) is 40.2 Å². The van der Waals surface area contributed by atoms with E-state index in [-0.39, 0.29) is 11.5 Å². The number of fused-ring (bicyclic) bond motifs is 1. The largest absolute Gasteiger partial charge is 0.358 e. The quantitative estimate of drug-likeness (QED) is 0.316. The highest BCUT2D eigenvalue weighted by molar-refractivity contribution is 5.93. The summed E-state index contributed by atoms with van der Waals surface area (Å²) in [5.74, 6) is 4.08. The molecule has 82 valence electrons. The lowest BCUT2D eigenvalue weighted by Crippen LogP contribution is -2.31. The molecule has 2 heterocycles. The summed E-state index contributed by atoms with van der Waals surface area (Å²) in [5.41, 5.74) is 2.29. The molecular formula is C8H7N5O3. The Labute approximate surface area is 88.8 Å². The van der Waals surface area contributed by atoms with Gasteiger partial charge in [0.25, 0.3) is 0 Å². The molecule has 0 saturated carbocycles. The van der Waals surface area contributed by atoms with Crippen LogP contribution in [0.4, 0.5) is 5.82 Å². The van der Waals surface area contributed by atoms with Crippen molar-refractivity contribution >= 4 is 17.4 Å². The smallest absolute Gasteiger partial charge is 0.348 e. The molecule has 0 saturated heterocycles. The number of nitrogens with zero attached hydrogens (tertiary/aromatic N) is 3. The first-order valence-electron chi connectivity index (χ1n) is 4.27. The lowest BCUT2D eigenvalue weighted by atomic mass is 10.3. The summed E-state index contributed by atoms with van der Waals surface area (Å²) in [6.45, 7) is 0. The van der Waals surface area contributed by atoms with Gasteiger partial charge in [-0.25, -0.2) is 10.8 Å². The van der Waals surface area contributed by atoms with Crippen molar-refractivity contribution in [2.45, 2.75) is 0 Å². The van der Waals surface area contributed by atoms with Crippen molar-refractivity contribution in [1.82, 2.24) is 14.8 Å². The molecule has 2 aromatic heterocycles. The van der Waals surface area contributed by atoms with Crippen LogP contribution in [0.1, 0.15) is 10.5 Å². The molecule has 8 heteroatoms. The standard InChI is InChI=1S/C8H7N5O3/c9-11-8(14)5-2-1-3-6-10-4-7(12(5)6)13(15)16/h1-4H,9H2,(H,11,14). The minimum absolute atomic E-state index is 0.0594. The maximum absolute atomic E-state index is 11.4. The number of pyridine rings is 1. The molecule has 0 aliphatic heterocycles. The molecule has 0 aromatic carbocycles. The second-order valence-corrected chi connectivity index (χ2v) is 2.95. The van der Waals surface area contributed by atoms with Crippen LogP contribution < -0.4 is 11.3 Å². The van der Waals surface area contributed by atoms with Gasteiger partial charge in [0.1, 0.15) is 6.20 Å². The van der Waals surface area contributed by atoms with Gasteiger partial charge in [-0.05, 0) is 11.0 Å². The van der Waals surface area contributed by atoms with Gasteiger partial charge in [-0.15, -0.1) is 0 Å². The van der Waals surface area contributed by atoms with E-state index in [1.165, 1.54) is 6.07 Å². The zero-order valence-corrected chi connectivity index (χ0v) is 7.95. The molecule has 1 amide bonds. The number of nitrogen functional groups attached to an aromatic ring is 1. The van der Waals surface area contributed by atoms with E-state index in [0.717, 1.165) is 10.6 Å². The molecule has 0 unspecified atom stereocenters. The minimum atomic E-state index is -0.619. The molecular weight excluding hydrogens is 214 g/mol. The number of hydrazine groups is 1. The van der Waals surface area contributed by atoms with Crippen LogP contribution in [-0.4, -0.2) is 20.2 Å². The molecule has 0 radical (unpaired) electrons. The lowest BCUT2D eigenvalue weighted by Gasteiger charge is -2.00. The molecule has 0 fully saturated rings. The topological polar surface area (TPSA) is 116 Å². The first kappa shape index (κ1) is 10.1. The zero-order chi connectivity index (χ0) is 11.7. The Kier molecular flexibility index (Phi) is 2.25. The second-order valence-electron chi connectivity index (χ2n) is 2.95. The van der Waals surface area contributed by atoms with E-state index in [1.54, 1.807) is 12.1 Å². The van der Waals surface area contributed by atoms with E-state index in [9.17, 15) is 14.9 Å². The van der Waals surface area contributed by atoms with Crippen molar-refractivity contribution in [2.75, 3.05) is 0 Å². The number of carbonyl (C=O) groups excluding carboxylic acids is 1. The molecule has 0 spiro atoms. The van der Waals surface area contributed by atoms with Gasteiger partial charge in [-0.1, -0.05) is 6.07 Å². The Morgan fingerprint density at radius 1 is 1.56 bits per heavy atom. The number of nitrogens with one attached hydrogen (secondary N) is 1. The first-order chi connectivity index (χ1) is 7.65. The minimum Gasteiger partial charge on any atom is -0.358 e. The van der Waals surface area contributed by atoms with Crippen LogP contribution in [0.15, 0.2) is 24.4 Å². The Hall–Kier alpha value is -2.48. The van der Waals surface area contributed by atoms with E-state index < -0.39 is 10.8 Å². The SMILES string of the molecule is NNC(=O)c1cccc2ncc([N+](=O)[O-])n12. The van der Waals surface area contributed by atoms with Gasteiger partial charge in [0.2, 0.25) is 11.3 Å². The van der Waals surface area contributed by atoms with Gasteiger partial charge in [-0.2, -0.15) is 4.40 Å². The van der Waals surface area contributed by atoms with Crippen molar-refractivity contribution < 1.29 is 9.72 Å². The summed E-state index contributed by atoms with van der Waals surface area (Å²) >= 11 is 0. The van der Waals surface area contributed by atoms with Crippen molar-refractivity contribution in [2.24, 2.45) is 5.84 Å². The highest BCUT2D eigenvalue weighted by Gasteiger charge is 2.21. The van der Waals surface area contributed by atoms with E-state index in [2.05, 4.69) is 4.98 Å². The number of rotatable bonds is 2. The number of aromatic nitrogens is 2. The van der Waals surface area contributed by atoms with Gasteiger partial charge in [0.05, 0.1) is 0 Å². The second kappa shape index (κ2) is 3.59. The zero-order valence-electron chi connectivity index (χ0n) is 7.95. The first-order valence-corrected chi connectivity index (χ1v) is 4.27. The predicted molar refractivity (Wildman–Crippen MR) is 53.5 cm³/mol. The van der Waals surface area contributed by atoms with E-state index in [0.29, 0.717) is 5.65 Å². The third kappa shape index (κ3) is 1.37. The van der Waals surface area contributed by atoms with Crippen LogP contribution >= 0.6 is 0 Å². The van der Waals surface area contributed by atoms with Gasteiger partial charge < -0.3 is 10.1 Å². The van der Waals surface area contributed by atoms with Crippen LogP contribution in [0, 0.1) is 10.1 Å². The summed E-state index contributed by atoms with van der Waals surface area (Å²) < 4.78 is 1.13. The molecule has 3 N–H and O–H groups in total. The van der Waals surface area contributed by atoms with Crippen LogP contribution in [0.3, 0.4) is 0 Å². The Balaban J connectivity index is 2.78. The maximum atomic E-state index is 11.4. The van der Waals surface area contributed by atoms with Crippen LogP contribution in [0.25, 0.3) is 5.65 Å². The van der Waals surface area contributed by atoms with Gasteiger partial charge >= 0.3 is 11.7 Å². The average Bonchev–Trinajstić information content (AvgIpc) is 2.71. The summed E-state index contributed by atoms with van der Waals surface area (Å²) in [5, 5.41) is 10.7. The van der Waals surface area contributed by atoms with Gasteiger partial charge in [-0.3, -0.25) is 10.2 Å². The van der Waals surface area contributed by atoms with Crippen molar-refractivity contribution in [3.8, 4) is 0 Å². The van der Waals surface area contributed by atoms with Crippen molar-refractivity contribution in [1.29, 1.82) is 0 Å². The molecule has 0 atom stereocenters. The number of imidazole rings is 1. The molecule has 0 aliphatic rings. The highest BCUT2D eigenvalue weighted by Crippen LogP contribution is 2.16. The summed E-state index contributed by atoms with van der Waals surface area (Å²) in [4.78, 5) is 25.3. The Morgan fingerprint density at radius 3 is 2.94 bits per heavy atom. The van der Waals surface area contributed by atoms with Gasteiger partial charge in [0, 0.05) is 6.07 Å². The molecule has 0 aliphatic carbocycles. The van der Waals surface area contributed by atoms with E-state index >= 15 is 0 Å². The fraction of sp³-hybridized carbons (Fsp3) is 0. The predicted octanol–water partition coefficient (Wildman–Crippen LogP) is -0.154. The highest BCUT2D eigenvalue weighted by atomic mass is 16.6. The van der Waals surface area contributed by atoms with E-state index in [4.69, 9.17) is 5.84 Å². The molecule has 0 bridgehead atoms. The molecule has 8 nitrogen and oxygen atoms in total. The van der Waals surface area contributed by atoms with Crippen molar-refractivity contribution in [3.63, 3.8) is 0 Å². The average molecular weight is 221 g/mol. The fourth-order valence-corrected chi connectivity index (χ4v) is 1.40. The summed E-state index contributed by atoms with van der Waals surface area (Å²) in [6, 6.07) is 4.54. The number of hydrogen-bond donors (Lipinski definition) is 2. The Bertz CT molecular complexity index is 576. The lowest BCUT2D eigenvalue weighted by molar-refractivity contribution is -0.390. The number of carbonyl (C=O) groups is 1. The number of nitro groups is 1. The molecule has 16 heavy (non-hydrogen) atoms. The Morgan fingerprint density at radius 2 is 2.31 bits per heavy atom. The summed E-state index contributed by atoms with van der Waals surface area (Å²) in [7, 11) is 0.